The van der Waals surface area contributed by atoms with Crippen molar-refractivity contribution in [2.45, 2.75) is 32.2 Å². The summed E-state index contributed by atoms with van der Waals surface area (Å²) in [5.41, 5.74) is 0.690. The number of nitrogens with zero attached hydrogens (tertiary/aromatic N) is 1. The summed E-state index contributed by atoms with van der Waals surface area (Å²) in [5.74, 6) is -0.524. The van der Waals surface area contributed by atoms with Crippen LogP contribution in [0.3, 0.4) is 0 Å². The topological polar surface area (TPSA) is 40.0 Å². The van der Waals surface area contributed by atoms with E-state index < -0.39 is 5.79 Å². The van der Waals surface area contributed by atoms with Gasteiger partial charge in [0.2, 0.25) is 0 Å². The van der Waals surface area contributed by atoms with Crippen LogP contribution < -0.4 is 0 Å². The van der Waals surface area contributed by atoms with E-state index in [0.717, 1.165) is 5.03 Å². The lowest BCUT2D eigenvalue weighted by Gasteiger charge is -2.16. The van der Waals surface area contributed by atoms with Crippen LogP contribution in [-0.4, -0.2) is 30.8 Å². The van der Waals surface area contributed by atoms with E-state index in [1.165, 1.54) is 0 Å². The molecule has 1 radical (unpaired) electrons. The minimum absolute atomic E-state index is 0.0760. The number of oxime groups is 1. The molecule has 1 aliphatic heterocycles. The van der Waals surface area contributed by atoms with Gasteiger partial charge in [0.1, 0.15) is 12.7 Å². The van der Waals surface area contributed by atoms with Gasteiger partial charge < -0.3 is 14.3 Å². The molecule has 0 bridgehead atoms. The van der Waals surface area contributed by atoms with Crippen molar-refractivity contribution < 1.29 is 14.3 Å². The lowest BCUT2D eigenvalue weighted by molar-refractivity contribution is -0.144. The number of hydrogen-bond acceptors (Lipinski definition) is 4. The highest BCUT2D eigenvalue weighted by atomic mass is 35.5. The van der Waals surface area contributed by atoms with E-state index in [-0.39, 0.29) is 6.10 Å². The molecular weight excluding hydrogens is 242 g/mol. The summed E-state index contributed by atoms with van der Waals surface area (Å²) in [4.78, 5) is 5.21. The van der Waals surface area contributed by atoms with Gasteiger partial charge in [-0.05, 0) is 19.9 Å². The fourth-order valence-corrected chi connectivity index (χ4v) is 1.79. The Morgan fingerprint density at radius 1 is 1.65 bits per heavy atom. The van der Waals surface area contributed by atoms with Crippen LogP contribution in [-0.2, 0) is 14.3 Å². The molecule has 0 spiro atoms. The second kappa shape index (κ2) is 5.21. The largest absolute Gasteiger partial charge is 0.393 e. The van der Waals surface area contributed by atoms with Crippen molar-refractivity contribution in [1.29, 1.82) is 0 Å². The number of allylic oxidation sites excluding steroid dienone is 4. The first-order chi connectivity index (χ1) is 8.05. The summed E-state index contributed by atoms with van der Waals surface area (Å²) in [6.45, 7) is 4.65. The van der Waals surface area contributed by atoms with Gasteiger partial charge in [-0.25, -0.2) is 0 Å². The third kappa shape index (κ3) is 3.84. The highest BCUT2D eigenvalue weighted by Gasteiger charge is 2.33. The summed E-state index contributed by atoms with van der Waals surface area (Å²) in [6, 6.07) is 0. The number of halogens is 1. The molecule has 0 saturated carbocycles. The smallest absolute Gasteiger partial charge is 0.163 e. The van der Waals surface area contributed by atoms with Crippen LogP contribution in [0.2, 0.25) is 0 Å². The normalized spacial score (nSPS) is 29.5. The summed E-state index contributed by atoms with van der Waals surface area (Å²) >= 11 is 5.86. The average Bonchev–Trinajstić information content (AvgIpc) is 2.58. The maximum atomic E-state index is 5.86. The first-order valence-corrected chi connectivity index (χ1v) is 5.88. The SMILES string of the molecule is CC1(C)OCC(CON=C2[C]=CC=C(Cl)C2)O1. The van der Waals surface area contributed by atoms with Gasteiger partial charge in [0, 0.05) is 17.5 Å². The molecule has 2 rings (SSSR count). The van der Waals surface area contributed by atoms with Gasteiger partial charge >= 0.3 is 0 Å². The molecule has 1 unspecified atom stereocenters. The van der Waals surface area contributed by atoms with Gasteiger partial charge in [-0.3, -0.25) is 0 Å². The summed E-state index contributed by atoms with van der Waals surface area (Å²) in [7, 11) is 0. The predicted octanol–water partition coefficient (Wildman–Crippen LogP) is 2.40. The van der Waals surface area contributed by atoms with Crippen LogP contribution in [0.4, 0.5) is 0 Å². The molecule has 1 atom stereocenters. The molecule has 0 aromatic heterocycles. The predicted molar refractivity (Wildman–Crippen MR) is 64.7 cm³/mol. The van der Waals surface area contributed by atoms with Crippen molar-refractivity contribution in [2.75, 3.05) is 13.2 Å². The Kier molecular flexibility index (Phi) is 3.86. The Labute approximate surface area is 106 Å². The van der Waals surface area contributed by atoms with Crippen LogP contribution in [0.1, 0.15) is 20.3 Å². The van der Waals surface area contributed by atoms with Gasteiger partial charge in [0.25, 0.3) is 0 Å². The molecule has 0 N–H and O–H groups in total. The molecule has 1 fully saturated rings. The van der Waals surface area contributed by atoms with Crippen molar-refractivity contribution in [3.63, 3.8) is 0 Å². The van der Waals surface area contributed by atoms with Crippen molar-refractivity contribution >= 4 is 17.3 Å². The van der Waals surface area contributed by atoms with Gasteiger partial charge in [0.15, 0.2) is 5.79 Å². The monoisotopic (exact) mass is 256 g/mol. The van der Waals surface area contributed by atoms with Crippen LogP contribution in [0.5, 0.6) is 0 Å². The summed E-state index contributed by atoms with van der Waals surface area (Å²) < 4.78 is 11.0. The highest BCUT2D eigenvalue weighted by molar-refractivity contribution is 6.31. The van der Waals surface area contributed by atoms with Gasteiger partial charge in [-0.1, -0.05) is 22.8 Å². The molecular formula is C12H15ClNO3. The van der Waals surface area contributed by atoms with Gasteiger partial charge in [-0.15, -0.1) is 0 Å². The van der Waals surface area contributed by atoms with E-state index in [1.807, 2.05) is 13.8 Å². The Bertz CT molecular complexity index is 374. The van der Waals surface area contributed by atoms with Gasteiger partial charge in [0.05, 0.1) is 12.3 Å². The maximum absolute atomic E-state index is 5.86. The molecule has 0 aromatic rings. The Hall–Kier alpha value is -0.840. The first kappa shape index (κ1) is 12.6. The fourth-order valence-electron chi connectivity index (χ4n) is 1.60. The molecule has 1 saturated heterocycles. The minimum atomic E-state index is -0.524. The molecule has 0 aromatic carbocycles. The lowest BCUT2D eigenvalue weighted by atomic mass is 10.1. The van der Waals surface area contributed by atoms with Crippen molar-refractivity contribution in [3.8, 4) is 0 Å². The second-order valence-electron chi connectivity index (χ2n) is 4.39. The molecule has 17 heavy (non-hydrogen) atoms. The summed E-state index contributed by atoms with van der Waals surface area (Å²) in [6.07, 6.45) is 6.96. The van der Waals surface area contributed by atoms with Crippen LogP contribution in [0.25, 0.3) is 0 Å². The highest BCUT2D eigenvalue weighted by Crippen LogP contribution is 2.22. The number of hydrogen-bond donors (Lipinski definition) is 0. The van der Waals surface area contributed by atoms with E-state index in [4.69, 9.17) is 25.9 Å². The van der Waals surface area contributed by atoms with Crippen molar-refractivity contribution in [1.82, 2.24) is 0 Å². The second-order valence-corrected chi connectivity index (χ2v) is 4.87. The maximum Gasteiger partial charge on any atom is 0.163 e. The van der Waals surface area contributed by atoms with E-state index in [1.54, 1.807) is 12.2 Å². The third-order valence-electron chi connectivity index (χ3n) is 2.35. The van der Waals surface area contributed by atoms with Crippen LogP contribution in [0.15, 0.2) is 22.3 Å². The van der Waals surface area contributed by atoms with Crippen LogP contribution >= 0.6 is 11.6 Å². The molecule has 93 valence electrons. The van der Waals surface area contributed by atoms with Crippen LogP contribution in [0, 0.1) is 6.08 Å². The van der Waals surface area contributed by atoms with E-state index in [0.29, 0.717) is 25.3 Å². The molecule has 4 nitrogen and oxygen atoms in total. The molecule has 1 aliphatic carbocycles. The summed E-state index contributed by atoms with van der Waals surface area (Å²) in [5, 5.41) is 4.69. The number of rotatable bonds is 3. The number of ether oxygens (including phenoxy) is 2. The molecule has 0 amide bonds. The van der Waals surface area contributed by atoms with E-state index in [9.17, 15) is 0 Å². The van der Waals surface area contributed by atoms with Crippen molar-refractivity contribution in [2.24, 2.45) is 5.16 Å². The molecule has 1 heterocycles. The Balaban J connectivity index is 1.75. The third-order valence-corrected chi connectivity index (χ3v) is 2.61. The molecule has 2 aliphatic rings. The minimum Gasteiger partial charge on any atom is -0.393 e. The Morgan fingerprint density at radius 2 is 2.47 bits per heavy atom. The Morgan fingerprint density at radius 3 is 3.12 bits per heavy atom. The van der Waals surface area contributed by atoms with E-state index in [2.05, 4.69) is 11.2 Å². The fraction of sp³-hybridized carbons (Fsp3) is 0.583. The first-order valence-electron chi connectivity index (χ1n) is 5.50. The molecule has 5 heteroatoms. The van der Waals surface area contributed by atoms with Gasteiger partial charge in [-0.2, -0.15) is 0 Å². The zero-order valence-electron chi connectivity index (χ0n) is 9.90. The lowest BCUT2D eigenvalue weighted by Crippen LogP contribution is -2.23. The van der Waals surface area contributed by atoms with E-state index >= 15 is 0 Å². The quantitative estimate of drug-likeness (QED) is 0.728. The standard InChI is InChI=1S/C12H15ClNO3/c1-12(2)15-7-11(17-12)8-16-14-10-5-3-4-9(13)6-10/h3-4,11H,6-8H2,1-2H3. The van der Waals surface area contributed by atoms with Crippen molar-refractivity contribution in [3.05, 3.63) is 23.3 Å². The average molecular weight is 257 g/mol. The zero-order chi connectivity index (χ0) is 12.3. The zero-order valence-corrected chi connectivity index (χ0v) is 10.7.